The second-order valence-electron chi connectivity index (χ2n) is 3.13. The summed E-state index contributed by atoms with van der Waals surface area (Å²) < 4.78 is 4.53. The molecule has 1 aliphatic heterocycles. The van der Waals surface area contributed by atoms with Crippen molar-refractivity contribution < 1.29 is 14.3 Å². The quantitative estimate of drug-likeness (QED) is 0.508. The molecule has 3 heteroatoms. The third kappa shape index (κ3) is 2.10. The number of hydrogen-bond acceptors (Lipinski definition) is 3. The molecule has 14 heavy (non-hydrogen) atoms. The average Bonchev–Trinajstić information content (AvgIpc) is 2.40. The summed E-state index contributed by atoms with van der Waals surface area (Å²) in [4.78, 5) is 22.4. The number of allylic oxidation sites excluding steroid dienone is 1. The molecule has 0 aromatic carbocycles. The van der Waals surface area contributed by atoms with Crippen molar-refractivity contribution in [3.63, 3.8) is 0 Å². The molecule has 0 N–H and O–H groups in total. The standard InChI is InChI=1S/C11H14O3/c1-3-5-7-9-8(6-4-2)10(12)14-11(9)13/h5,7H,3-4,6H2,1-2H3/b7-5+. The first-order chi connectivity index (χ1) is 6.70. The van der Waals surface area contributed by atoms with Crippen molar-refractivity contribution in [2.75, 3.05) is 0 Å². The van der Waals surface area contributed by atoms with Crippen LogP contribution in [0.15, 0.2) is 23.3 Å². The maximum absolute atomic E-state index is 11.2. The van der Waals surface area contributed by atoms with Gasteiger partial charge in [0.15, 0.2) is 0 Å². The van der Waals surface area contributed by atoms with E-state index in [-0.39, 0.29) is 0 Å². The van der Waals surface area contributed by atoms with E-state index >= 15 is 0 Å². The smallest absolute Gasteiger partial charge is 0.346 e. The van der Waals surface area contributed by atoms with Gasteiger partial charge in [0, 0.05) is 0 Å². The molecule has 0 fully saturated rings. The van der Waals surface area contributed by atoms with Crippen LogP contribution in [0.3, 0.4) is 0 Å². The highest BCUT2D eigenvalue weighted by Crippen LogP contribution is 2.22. The number of esters is 2. The van der Waals surface area contributed by atoms with Crippen molar-refractivity contribution in [2.24, 2.45) is 0 Å². The largest absolute Gasteiger partial charge is 0.386 e. The minimum Gasteiger partial charge on any atom is -0.386 e. The lowest BCUT2D eigenvalue weighted by Gasteiger charge is -1.94. The molecule has 0 bridgehead atoms. The van der Waals surface area contributed by atoms with E-state index in [9.17, 15) is 9.59 Å². The molecule has 1 aliphatic rings. The second-order valence-corrected chi connectivity index (χ2v) is 3.13. The molecule has 0 aromatic rings. The summed E-state index contributed by atoms with van der Waals surface area (Å²) in [5.74, 6) is -0.990. The van der Waals surface area contributed by atoms with Gasteiger partial charge in [-0.2, -0.15) is 0 Å². The summed E-state index contributed by atoms with van der Waals surface area (Å²) in [7, 11) is 0. The molecular weight excluding hydrogens is 180 g/mol. The fourth-order valence-corrected chi connectivity index (χ4v) is 1.32. The van der Waals surface area contributed by atoms with Crippen molar-refractivity contribution in [1.29, 1.82) is 0 Å². The molecule has 76 valence electrons. The van der Waals surface area contributed by atoms with Gasteiger partial charge in [-0.05, 0) is 12.8 Å². The predicted octanol–water partition coefficient (Wildman–Crippen LogP) is 2.13. The number of hydrogen-bond donors (Lipinski definition) is 0. The molecule has 3 nitrogen and oxygen atoms in total. The van der Waals surface area contributed by atoms with Gasteiger partial charge in [-0.3, -0.25) is 0 Å². The van der Waals surface area contributed by atoms with Crippen LogP contribution in [-0.4, -0.2) is 11.9 Å². The number of carbonyl (C=O) groups excluding carboxylic acids is 2. The van der Waals surface area contributed by atoms with Gasteiger partial charge in [-0.25, -0.2) is 9.59 Å². The van der Waals surface area contributed by atoms with Crippen LogP contribution in [0.25, 0.3) is 0 Å². The van der Waals surface area contributed by atoms with Crippen molar-refractivity contribution in [3.05, 3.63) is 23.3 Å². The Hall–Kier alpha value is -1.38. The topological polar surface area (TPSA) is 43.4 Å². The minimum atomic E-state index is -0.511. The zero-order valence-corrected chi connectivity index (χ0v) is 8.50. The Morgan fingerprint density at radius 1 is 1.21 bits per heavy atom. The van der Waals surface area contributed by atoms with Crippen LogP contribution < -0.4 is 0 Å². The van der Waals surface area contributed by atoms with Crippen LogP contribution in [0, 0.1) is 0 Å². The Bertz CT molecular complexity index is 310. The molecule has 1 rings (SSSR count). The van der Waals surface area contributed by atoms with Gasteiger partial charge in [0.05, 0.1) is 11.1 Å². The average molecular weight is 194 g/mol. The van der Waals surface area contributed by atoms with E-state index in [2.05, 4.69) is 4.74 Å². The Morgan fingerprint density at radius 2 is 1.93 bits per heavy atom. The molecule has 1 heterocycles. The third-order valence-corrected chi connectivity index (χ3v) is 2.00. The van der Waals surface area contributed by atoms with Crippen LogP contribution in [0.5, 0.6) is 0 Å². The molecule has 0 atom stereocenters. The van der Waals surface area contributed by atoms with E-state index in [1.54, 1.807) is 6.08 Å². The van der Waals surface area contributed by atoms with Crippen LogP contribution in [-0.2, 0) is 14.3 Å². The van der Waals surface area contributed by atoms with Gasteiger partial charge in [0.25, 0.3) is 0 Å². The van der Waals surface area contributed by atoms with E-state index in [1.807, 2.05) is 19.9 Å². The number of rotatable bonds is 4. The van der Waals surface area contributed by atoms with Gasteiger partial charge < -0.3 is 4.74 Å². The fraction of sp³-hybridized carbons (Fsp3) is 0.455. The summed E-state index contributed by atoms with van der Waals surface area (Å²) in [5.41, 5.74) is 0.945. The third-order valence-electron chi connectivity index (χ3n) is 2.00. The van der Waals surface area contributed by atoms with E-state index in [4.69, 9.17) is 0 Å². The van der Waals surface area contributed by atoms with Gasteiger partial charge in [0.1, 0.15) is 0 Å². The molecule has 0 saturated carbocycles. The predicted molar refractivity (Wildman–Crippen MR) is 52.5 cm³/mol. The van der Waals surface area contributed by atoms with E-state index in [1.165, 1.54) is 0 Å². The summed E-state index contributed by atoms with van der Waals surface area (Å²) in [5, 5.41) is 0. The lowest BCUT2D eigenvalue weighted by molar-refractivity contribution is -0.151. The molecule has 0 spiro atoms. The Balaban J connectivity index is 2.96. The Labute approximate surface area is 83.4 Å². The molecule has 0 saturated heterocycles. The number of ether oxygens (including phenoxy) is 1. The number of cyclic esters (lactones) is 2. The zero-order chi connectivity index (χ0) is 10.6. The van der Waals surface area contributed by atoms with Crippen molar-refractivity contribution in [1.82, 2.24) is 0 Å². The highest BCUT2D eigenvalue weighted by atomic mass is 16.6. The minimum absolute atomic E-state index is 0.429. The first-order valence-electron chi connectivity index (χ1n) is 4.86. The lowest BCUT2D eigenvalue weighted by Crippen LogP contribution is -2.01. The molecular formula is C11H14O3. The van der Waals surface area contributed by atoms with E-state index in [0.717, 1.165) is 12.8 Å². The maximum Gasteiger partial charge on any atom is 0.346 e. The van der Waals surface area contributed by atoms with Gasteiger partial charge >= 0.3 is 11.9 Å². The lowest BCUT2D eigenvalue weighted by atomic mass is 10.1. The fourth-order valence-electron chi connectivity index (χ4n) is 1.32. The van der Waals surface area contributed by atoms with Crippen molar-refractivity contribution >= 4 is 11.9 Å². The van der Waals surface area contributed by atoms with Crippen molar-refractivity contribution in [3.8, 4) is 0 Å². The van der Waals surface area contributed by atoms with E-state index in [0.29, 0.717) is 17.6 Å². The highest BCUT2D eigenvalue weighted by Gasteiger charge is 2.30. The Morgan fingerprint density at radius 3 is 2.50 bits per heavy atom. The first kappa shape index (κ1) is 10.7. The zero-order valence-electron chi connectivity index (χ0n) is 8.50. The molecule has 0 amide bonds. The van der Waals surface area contributed by atoms with Crippen LogP contribution >= 0.6 is 0 Å². The molecule has 0 radical (unpaired) electrons. The maximum atomic E-state index is 11.2. The van der Waals surface area contributed by atoms with Gasteiger partial charge in [0.2, 0.25) is 0 Å². The monoisotopic (exact) mass is 194 g/mol. The summed E-state index contributed by atoms with van der Waals surface area (Å²) in [6.45, 7) is 3.93. The van der Waals surface area contributed by atoms with Crippen LogP contribution in [0.4, 0.5) is 0 Å². The van der Waals surface area contributed by atoms with Gasteiger partial charge in [-0.1, -0.05) is 32.4 Å². The SMILES string of the molecule is CC/C=C/C1=C(CCC)C(=O)OC1=O. The van der Waals surface area contributed by atoms with Crippen LogP contribution in [0.2, 0.25) is 0 Å². The Kier molecular flexibility index (Phi) is 3.63. The highest BCUT2D eigenvalue weighted by molar-refractivity contribution is 6.13. The molecule has 0 aromatic heterocycles. The van der Waals surface area contributed by atoms with Gasteiger partial charge in [-0.15, -0.1) is 0 Å². The molecule has 0 unspecified atom stereocenters. The van der Waals surface area contributed by atoms with E-state index < -0.39 is 11.9 Å². The second kappa shape index (κ2) is 4.74. The first-order valence-corrected chi connectivity index (χ1v) is 4.86. The summed E-state index contributed by atoms with van der Waals surface area (Å²) >= 11 is 0. The molecule has 0 aliphatic carbocycles. The van der Waals surface area contributed by atoms with Crippen LogP contribution in [0.1, 0.15) is 33.1 Å². The number of carbonyl (C=O) groups is 2. The normalized spacial score (nSPS) is 17.0. The summed E-state index contributed by atoms with van der Waals surface area (Å²) in [6, 6.07) is 0. The summed E-state index contributed by atoms with van der Waals surface area (Å²) in [6.07, 6.45) is 5.81. The van der Waals surface area contributed by atoms with Crippen molar-refractivity contribution in [2.45, 2.75) is 33.1 Å².